The molecule has 0 spiro atoms. The van der Waals surface area contributed by atoms with E-state index in [1.54, 1.807) is 0 Å². The number of benzene rings is 2. The van der Waals surface area contributed by atoms with Crippen LogP contribution in [0.25, 0.3) is 0 Å². The zero-order valence-corrected chi connectivity index (χ0v) is 22.0. The van der Waals surface area contributed by atoms with Crippen LogP contribution in [-0.2, 0) is 16.6 Å². The Bertz CT molecular complexity index is 1420. The molecule has 0 aliphatic rings. The van der Waals surface area contributed by atoms with Crippen LogP contribution in [0.15, 0.2) is 48.7 Å². The molecular weight excluding hydrogens is 570 g/mol. The van der Waals surface area contributed by atoms with Crippen molar-refractivity contribution in [2.24, 2.45) is 0 Å². The molecule has 0 aliphatic carbocycles. The van der Waals surface area contributed by atoms with E-state index in [4.69, 9.17) is 32.7 Å². The second-order valence-electron chi connectivity index (χ2n) is 7.68. The topological polar surface area (TPSA) is 117 Å². The molecule has 3 aromatic rings. The predicted octanol–water partition coefficient (Wildman–Crippen LogP) is 5.27. The third-order valence-corrected chi connectivity index (χ3v) is 5.63. The molecule has 0 aliphatic heterocycles. The van der Waals surface area contributed by atoms with Gasteiger partial charge >= 0.3 is 6.18 Å². The predicted molar refractivity (Wildman–Crippen MR) is 137 cm³/mol. The highest BCUT2D eigenvalue weighted by Crippen LogP contribution is 2.38. The maximum atomic E-state index is 13.5. The van der Waals surface area contributed by atoms with Crippen molar-refractivity contribution in [3.8, 4) is 17.6 Å². The highest BCUT2D eigenvalue weighted by molar-refractivity contribution is 7.91. The van der Waals surface area contributed by atoms with E-state index in [1.807, 2.05) is 6.07 Å². The van der Waals surface area contributed by atoms with Crippen LogP contribution in [0.4, 0.5) is 30.5 Å². The van der Waals surface area contributed by atoms with E-state index in [2.05, 4.69) is 14.7 Å². The van der Waals surface area contributed by atoms with Gasteiger partial charge in [-0.2, -0.15) is 18.4 Å². The zero-order valence-electron chi connectivity index (χ0n) is 19.7. The van der Waals surface area contributed by atoms with Crippen LogP contribution >= 0.6 is 23.2 Å². The molecule has 0 bridgehead atoms. The summed E-state index contributed by atoms with van der Waals surface area (Å²) in [7, 11) is -3.56. The summed E-state index contributed by atoms with van der Waals surface area (Å²) in [4.78, 5) is 8.80. The maximum absolute atomic E-state index is 13.5. The molecule has 15 heteroatoms. The second-order valence-corrected chi connectivity index (χ2v) is 10.2. The minimum atomic E-state index is -4.58. The Labute approximate surface area is 226 Å². The van der Waals surface area contributed by atoms with E-state index < -0.39 is 22.7 Å². The number of halogens is 5. The first kappa shape index (κ1) is 29.1. The first-order chi connectivity index (χ1) is 17.9. The van der Waals surface area contributed by atoms with Crippen LogP contribution in [0.2, 0.25) is 5.02 Å². The Morgan fingerprint density at radius 3 is 2.45 bits per heavy atom. The maximum Gasteiger partial charge on any atom is 0.406 e. The molecule has 2 aromatic carbocycles. The Kier molecular flexibility index (Phi) is 9.48. The fourth-order valence-corrected chi connectivity index (χ4v) is 3.96. The first-order valence-electron chi connectivity index (χ1n) is 10.7. The molecule has 38 heavy (non-hydrogen) atoms. The molecule has 0 unspecified atom stereocenters. The molecule has 1 N–H and O–H groups in total. The van der Waals surface area contributed by atoms with Crippen molar-refractivity contribution in [3.63, 3.8) is 0 Å². The normalized spacial score (nSPS) is 11.5. The van der Waals surface area contributed by atoms with Gasteiger partial charge < -0.3 is 14.4 Å². The van der Waals surface area contributed by atoms with Gasteiger partial charge in [-0.15, -0.1) is 11.6 Å². The minimum Gasteiger partial charge on any atom is -0.489 e. The molecule has 0 amide bonds. The van der Waals surface area contributed by atoms with Gasteiger partial charge in [0.15, 0.2) is 5.75 Å². The average Bonchev–Trinajstić information content (AvgIpc) is 2.84. The summed E-state index contributed by atoms with van der Waals surface area (Å²) in [5, 5.41) is 9.46. The van der Waals surface area contributed by atoms with Crippen molar-refractivity contribution >= 4 is 50.5 Å². The Balaban J connectivity index is 1.83. The fraction of sp³-hybridized carbons (Fsp3) is 0.261. The molecule has 3 rings (SSSR count). The van der Waals surface area contributed by atoms with E-state index >= 15 is 0 Å². The van der Waals surface area contributed by atoms with E-state index in [-0.39, 0.29) is 52.8 Å². The lowest BCUT2D eigenvalue weighted by molar-refractivity contribution is -0.118. The smallest absolute Gasteiger partial charge is 0.406 e. The van der Waals surface area contributed by atoms with Crippen LogP contribution in [-0.4, -0.2) is 49.8 Å². The third-order valence-electron chi connectivity index (χ3n) is 4.65. The number of sulfonamides is 1. The van der Waals surface area contributed by atoms with Crippen molar-refractivity contribution in [3.05, 3.63) is 64.9 Å². The lowest BCUT2D eigenvalue weighted by Crippen LogP contribution is -2.30. The summed E-state index contributed by atoms with van der Waals surface area (Å²) in [6.45, 7) is -1.35. The third kappa shape index (κ3) is 8.54. The summed E-state index contributed by atoms with van der Waals surface area (Å²) in [5.41, 5.74) is 0.511. The van der Waals surface area contributed by atoms with Crippen molar-refractivity contribution in [2.75, 3.05) is 34.9 Å². The summed E-state index contributed by atoms with van der Waals surface area (Å²) >= 11 is 11.8. The minimum absolute atomic E-state index is 0.0302. The van der Waals surface area contributed by atoms with Crippen molar-refractivity contribution in [1.82, 2.24) is 9.97 Å². The number of anilines is 3. The number of alkyl halides is 4. The van der Waals surface area contributed by atoms with Crippen molar-refractivity contribution in [1.29, 1.82) is 5.26 Å². The quantitative estimate of drug-likeness (QED) is 0.300. The number of nitrogens with one attached hydrogen (secondary N) is 1. The van der Waals surface area contributed by atoms with Crippen molar-refractivity contribution in [2.45, 2.75) is 12.8 Å². The van der Waals surface area contributed by atoms with Gasteiger partial charge in [0.05, 0.1) is 28.4 Å². The van der Waals surface area contributed by atoms with Crippen LogP contribution in [0.5, 0.6) is 11.5 Å². The number of aromatic nitrogens is 2. The van der Waals surface area contributed by atoms with Gasteiger partial charge in [0, 0.05) is 17.6 Å². The molecule has 202 valence electrons. The second kappa shape index (κ2) is 12.4. The number of nitrogens with zero attached hydrogens (tertiary/aromatic N) is 4. The number of ether oxygens (including phenoxy) is 2. The largest absolute Gasteiger partial charge is 0.489 e. The summed E-state index contributed by atoms with van der Waals surface area (Å²) in [6.07, 6.45) is -2.26. The van der Waals surface area contributed by atoms with Gasteiger partial charge in [-0.1, -0.05) is 11.6 Å². The molecule has 0 atom stereocenters. The lowest BCUT2D eigenvalue weighted by atomic mass is 10.1. The first-order valence-corrected chi connectivity index (χ1v) is 13.5. The number of hydrogen-bond acceptors (Lipinski definition) is 8. The average molecular weight is 590 g/mol. The van der Waals surface area contributed by atoms with Crippen LogP contribution < -0.4 is 19.1 Å². The van der Waals surface area contributed by atoms with Gasteiger partial charge in [-0.3, -0.25) is 4.72 Å². The van der Waals surface area contributed by atoms with Gasteiger partial charge in [-0.25, -0.2) is 18.4 Å². The number of nitriles is 1. The van der Waals surface area contributed by atoms with E-state index in [1.165, 1.54) is 48.7 Å². The highest BCUT2D eigenvalue weighted by atomic mass is 35.5. The molecule has 0 radical (unpaired) electrons. The standard InChI is InChI=1S/C23H20Cl2F3N5O4S/c1-38(34,35)32-22-30-8-6-16(31-22)13-37-19-4-2-17(3-5-19)33(14-23(26,27)28)18-10-15(12-29)21(20(25)11-18)36-9-7-24/h2-6,8,10-11H,7,9,13-14H2,1H3,(H,30,31,32). The fourth-order valence-electron chi connectivity index (χ4n) is 3.19. The SMILES string of the molecule is CS(=O)(=O)Nc1nccc(COc2ccc(N(CC(F)(F)F)c3cc(Cl)c(OCCCl)c(C#N)c3)cc2)n1. The molecule has 0 fully saturated rings. The molecule has 1 aromatic heterocycles. The number of rotatable bonds is 11. The molecular formula is C23H20Cl2F3N5O4S. The van der Waals surface area contributed by atoms with Crippen molar-refractivity contribution < 1.29 is 31.1 Å². The molecule has 1 heterocycles. The monoisotopic (exact) mass is 589 g/mol. The highest BCUT2D eigenvalue weighted by Gasteiger charge is 2.32. The zero-order chi connectivity index (χ0) is 27.9. The molecule has 9 nitrogen and oxygen atoms in total. The molecule has 0 saturated carbocycles. The Morgan fingerprint density at radius 1 is 1.13 bits per heavy atom. The van der Waals surface area contributed by atoms with E-state index in [0.29, 0.717) is 11.4 Å². The number of hydrogen-bond donors (Lipinski definition) is 1. The van der Waals surface area contributed by atoms with Gasteiger partial charge in [-0.05, 0) is 42.5 Å². The lowest BCUT2D eigenvalue weighted by Gasteiger charge is -2.27. The Morgan fingerprint density at radius 2 is 1.84 bits per heavy atom. The summed E-state index contributed by atoms with van der Waals surface area (Å²) < 4.78 is 76.3. The van der Waals surface area contributed by atoms with Gasteiger partial charge in [0.25, 0.3) is 0 Å². The van der Waals surface area contributed by atoms with Crippen LogP contribution in [0.3, 0.4) is 0 Å². The summed E-state index contributed by atoms with van der Waals surface area (Å²) in [5.74, 6) is 0.362. The van der Waals surface area contributed by atoms with Gasteiger partial charge in [0.2, 0.25) is 16.0 Å². The van der Waals surface area contributed by atoms with E-state index in [9.17, 15) is 26.9 Å². The molecule has 0 saturated heterocycles. The van der Waals surface area contributed by atoms with Crippen LogP contribution in [0.1, 0.15) is 11.3 Å². The van der Waals surface area contributed by atoms with Gasteiger partial charge in [0.1, 0.15) is 31.6 Å². The van der Waals surface area contributed by atoms with Crippen LogP contribution in [0, 0.1) is 11.3 Å². The Hall–Kier alpha value is -3.47. The summed E-state index contributed by atoms with van der Waals surface area (Å²) in [6, 6.07) is 11.7. The van der Waals surface area contributed by atoms with E-state index in [0.717, 1.165) is 11.2 Å².